The highest BCUT2D eigenvalue weighted by Crippen LogP contribution is 2.11. The number of amides is 2. The molecule has 2 rings (SSSR count). The first kappa shape index (κ1) is 18.3. The van der Waals surface area contributed by atoms with Crippen LogP contribution in [-0.4, -0.2) is 54.4 Å². The van der Waals surface area contributed by atoms with Gasteiger partial charge < -0.3 is 14.5 Å². The molecule has 132 valence electrons. The van der Waals surface area contributed by atoms with E-state index in [1.165, 1.54) is 0 Å². The van der Waals surface area contributed by atoms with Gasteiger partial charge in [0, 0.05) is 39.0 Å². The minimum atomic E-state index is 0.163. The molecule has 1 fully saturated rings. The fraction of sp³-hybridized carbons (Fsp3) is 0.579. The van der Waals surface area contributed by atoms with Crippen molar-refractivity contribution in [3.8, 4) is 5.75 Å². The van der Waals surface area contributed by atoms with Gasteiger partial charge in [-0.05, 0) is 31.4 Å². The number of hydrogen-bond acceptors (Lipinski definition) is 3. The standard InChI is InChI=1S/C19H28N2O3/c1-2-8-18(22)20-12-7-13-21(15-14-20)19(23)11-6-16-24-17-9-4-3-5-10-17/h3-5,9-10H,2,6-8,11-16H2,1H3. The van der Waals surface area contributed by atoms with Gasteiger partial charge in [0.05, 0.1) is 6.61 Å². The number of para-hydroxylation sites is 1. The summed E-state index contributed by atoms with van der Waals surface area (Å²) in [6, 6.07) is 9.65. The van der Waals surface area contributed by atoms with E-state index in [0.717, 1.165) is 31.7 Å². The molecule has 0 saturated carbocycles. The third-order valence-corrected chi connectivity index (χ3v) is 4.21. The zero-order chi connectivity index (χ0) is 17.2. The lowest BCUT2D eigenvalue weighted by Gasteiger charge is -2.22. The van der Waals surface area contributed by atoms with Crippen molar-refractivity contribution < 1.29 is 14.3 Å². The topological polar surface area (TPSA) is 49.9 Å². The second-order valence-corrected chi connectivity index (χ2v) is 6.13. The normalized spacial score (nSPS) is 15.0. The molecule has 0 spiro atoms. The van der Waals surface area contributed by atoms with Crippen LogP contribution in [0.2, 0.25) is 0 Å². The van der Waals surface area contributed by atoms with Crippen molar-refractivity contribution in [3.63, 3.8) is 0 Å². The molecule has 1 aliphatic heterocycles. The second kappa shape index (κ2) is 9.96. The number of carbonyl (C=O) groups is 2. The highest BCUT2D eigenvalue weighted by molar-refractivity contribution is 5.77. The largest absolute Gasteiger partial charge is 0.494 e. The van der Waals surface area contributed by atoms with E-state index in [1.807, 2.05) is 47.1 Å². The summed E-state index contributed by atoms with van der Waals surface area (Å²) in [5, 5.41) is 0. The Morgan fingerprint density at radius 2 is 1.58 bits per heavy atom. The number of carbonyl (C=O) groups excluding carboxylic acids is 2. The molecule has 24 heavy (non-hydrogen) atoms. The number of nitrogens with zero attached hydrogens (tertiary/aromatic N) is 2. The fourth-order valence-electron chi connectivity index (χ4n) is 2.88. The maximum atomic E-state index is 12.3. The molecule has 0 aromatic heterocycles. The van der Waals surface area contributed by atoms with E-state index < -0.39 is 0 Å². The highest BCUT2D eigenvalue weighted by Gasteiger charge is 2.21. The summed E-state index contributed by atoms with van der Waals surface area (Å²) in [7, 11) is 0. The number of rotatable bonds is 7. The molecule has 0 aliphatic carbocycles. The third-order valence-electron chi connectivity index (χ3n) is 4.21. The predicted octanol–water partition coefficient (Wildman–Crippen LogP) is 2.71. The summed E-state index contributed by atoms with van der Waals surface area (Å²) in [6.07, 6.45) is 3.55. The van der Waals surface area contributed by atoms with Crippen LogP contribution in [0.15, 0.2) is 30.3 Å². The Hall–Kier alpha value is -2.04. The van der Waals surface area contributed by atoms with Crippen molar-refractivity contribution in [2.45, 2.75) is 39.0 Å². The van der Waals surface area contributed by atoms with Crippen LogP contribution in [0.1, 0.15) is 39.0 Å². The summed E-state index contributed by atoms with van der Waals surface area (Å²) >= 11 is 0. The van der Waals surface area contributed by atoms with Gasteiger partial charge in [-0.1, -0.05) is 25.1 Å². The van der Waals surface area contributed by atoms with Gasteiger partial charge in [-0.15, -0.1) is 0 Å². The van der Waals surface area contributed by atoms with Gasteiger partial charge in [0.1, 0.15) is 5.75 Å². The van der Waals surface area contributed by atoms with Crippen LogP contribution in [0.3, 0.4) is 0 Å². The van der Waals surface area contributed by atoms with Gasteiger partial charge in [0.25, 0.3) is 0 Å². The second-order valence-electron chi connectivity index (χ2n) is 6.13. The fourth-order valence-corrected chi connectivity index (χ4v) is 2.88. The van der Waals surface area contributed by atoms with Gasteiger partial charge in [-0.3, -0.25) is 9.59 Å². The molecule has 0 atom stereocenters. The van der Waals surface area contributed by atoms with Gasteiger partial charge in [0.15, 0.2) is 0 Å². The lowest BCUT2D eigenvalue weighted by molar-refractivity contribution is -0.133. The molecule has 2 amide bonds. The molecule has 0 unspecified atom stereocenters. The maximum Gasteiger partial charge on any atom is 0.222 e. The average Bonchev–Trinajstić information content (AvgIpc) is 2.86. The van der Waals surface area contributed by atoms with E-state index in [2.05, 4.69) is 0 Å². The lowest BCUT2D eigenvalue weighted by atomic mass is 10.2. The van der Waals surface area contributed by atoms with E-state index in [9.17, 15) is 9.59 Å². The van der Waals surface area contributed by atoms with E-state index in [0.29, 0.717) is 39.0 Å². The Bertz CT molecular complexity index is 519. The molecule has 5 heteroatoms. The van der Waals surface area contributed by atoms with Crippen LogP contribution in [0.4, 0.5) is 0 Å². The Morgan fingerprint density at radius 3 is 2.21 bits per heavy atom. The van der Waals surface area contributed by atoms with Crippen molar-refractivity contribution in [1.29, 1.82) is 0 Å². The van der Waals surface area contributed by atoms with E-state index >= 15 is 0 Å². The number of ether oxygens (including phenoxy) is 1. The summed E-state index contributed by atoms with van der Waals surface area (Å²) in [5.74, 6) is 1.21. The minimum Gasteiger partial charge on any atom is -0.494 e. The van der Waals surface area contributed by atoms with Gasteiger partial charge in [-0.25, -0.2) is 0 Å². The molecule has 1 saturated heterocycles. The Kier molecular flexibility index (Phi) is 7.59. The summed E-state index contributed by atoms with van der Waals surface area (Å²) < 4.78 is 5.62. The Balaban J connectivity index is 1.68. The number of benzene rings is 1. The molecular weight excluding hydrogens is 304 g/mol. The molecular formula is C19H28N2O3. The van der Waals surface area contributed by atoms with Gasteiger partial charge in [0.2, 0.25) is 11.8 Å². The van der Waals surface area contributed by atoms with Crippen LogP contribution < -0.4 is 4.74 Å². The Labute approximate surface area is 144 Å². The zero-order valence-corrected chi connectivity index (χ0v) is 14.6. The minimum absolute atomic E-state index is 0.163. The van der Waals surface area contributed by atoms with Crippen LogP contribution >= 0.6 is 0 Å². The molecule has 5 nitrogen and oxygen atoms in total. The van der Waals surface area contributed by atoms with Crippen molar-refractivity contribution in [2.24, 2.45) is 0 Å². The quantitative estimate of drug-likeness (QED) is 0.721. The van der Waals surface area contributed by atoms with Crippen LogP contribution in [0.25, 0.3) is 0 Å². The van der Waals surface area contributed by atoms with E-state index in [1.54, 1.807) is 0 Å². The van der Waals surface area contributed by atoms with E-state index in [-0.39, 0.29) is 11.8 Å². The van der Waals surface area contributed by atoms with Crippen molar-refractivity contribution in [3.05, 3.63) is 30.3 Å². The molecule has 0 N–H and O–H groups in total. The molecule has 0 bridgehead atoms. The smallest absolute Gasteiger partial charge is 0.222 e. The first-order chi connectivity index (χ1) is 11.7. The van der Waals surface area contributed by atoms with Crippen LogP contribution in [0, 0.1) is 0 Å². The third kappa shape index (κ3) is 5.87. The van der Waals surface area contributed by atoms with Crippen LogP contribution in [0.5, 0.6) is 5.75 Å². The summed E-state index contributed by atoms with van der Waals surface area (Å²) in [4.78, 5) is 28.1. The first-order valence-electron chi connectivity index (χ1n) is 8.94. The predicted molar refractivity (Wildman–Crippen MR) is 93.9 cm³/mol. The van der Waals surface area contributed by atoms with Crippen molar-refractivity contribution in [1.82, 2.24) is 9.80 Å². The maximum absolute atomic E-state index is 12.3. The van der Waals surface area contributed by atoms with Gasteiger partial charge in [-0.2, -0.15) is 0 Å². The summed E-state index contributed by atoms with van der Waals surface area (Å²) in [5.41, 5.74) is 0. The molecule has 1 heterocycles. The van der Waals surface area contributed by atoms with Crippen LogP contribution in [-0.2, 0) is 9.59 Å². The highest BCUT2D eigenvalue weighted by atomic mass is 16.5. The Morgan fingerprint density at radius 1 is 0.958 bits per heavy atom. The molecule has 1 aliphatic rings. The zero-order valence-electron chi connectivity index (χ0n) is 14.6. The monoisotopic (exact) mass is 332 g/mol. The number of hydrogen-bond donors (Lipinski definition) is 0. The summed E-state index contributed by atoms with van der Waals surface area (Å²) in [6.45, 7) is 5.38. The molecule has 1 aromatic carbocycles. The SMILES string of the molecule is CCCC(=O)N1CCCN(C(=O)CCCOc2ccccc2)CC1. The van der Waals surface area contributed by atoms with Gasteiger partial charge >= 0.3 is 0 Å². The van der Waals surface area contributed by atoms with Crippen molar-refractivity contribution >= 4 is 11.8 Å². The molecule has 0 radical (unpaired) electrons. The lowest BCUT2D eigenvalue weighted by Crippen LogP contribution is -2.37. The van der Waals surface area contributed by atoms with Crippen molar-refractivity contribution in [2.75, 3.05) is 32.8 Å². The van der Waals surface area contributed by atoms with E-state index in [4.69, 9.17) is 4.74 Å². The first-order valence-corrected chi connectivity index (χ1v) is 8.94. The molecule has 1 aromatic rings. The average molecular weight is 332 g/mol.